The SMILES string of the molecule is [2H]C([2H])([2H])C(N([O])Cc1ccccc1)(C([2H])([2H])[2H])C([2H])([2H])[2H]. The minimum atomic E-state index is -3.53. The quantitative estimate of drug-likeness (QED) is 0.653. The van der Waals surface area contributed by atoms with Gasteiger partial charge in [-0.1, -0.05) is 30.3 Å². The predicted octanol–water partition coefficient (Wildman–Crippen LogP) is 2.63. The van der Waals surface area contributed by atoms with Crippen LogP contribution in [0.3, 0.4) is 0 Å². The summed E-state index contributed by atoms with van der Waals surface area (Å²) in [5.41, 5.74) is -3.18. The number of hydrogen-bond donors (Lipinski definition) is 0. The van der Waals surface area contributed by atoms with E-state index < -0.39 is 32.6 Å². The monoisotopic (exact) mass is 187 g/mol. The van der Waals surface area contributed by atoms with Gasteiger partial charge in [0.25, 0.3) is 0 Å². The second-order valence-corrected chi connectivity index (χ2v) is 2.73. The Morgan fingerprint density at radius 3 is 2.46 bits per heavy atom. The maximum absolute atomic E-state index is 12.4. The first-order chi connectivity index (χ1) is 9.75. The lowest BCUT2D eigenvalue weighted by atomic mass is 10.1. The van der Waals surface area contributed by atoms with E-state index in [1.54, 1.807) is 18.2 Å². The first-order valence-electron chi connectivity index (χ1n) is 8.24. The van der Waals surface area contributed by atoms with Crippen molar-refractivity contribution in [2.24, 2.45) is 0 Å². The summed E-state index contributed by atoms with van der Waals surface area (Å²) >= 11 is 0. The van der Waals surface area contributed by atoms with Crippen molar-refractivity contribution >= 4 is 0 Å². The molecule has 0 aliphatic rings. The Balaban J connectivity index is 3.43. The van der Waals surface area contributed by atoms with Gasteiger partial charge in [-0.25, -0.2) is 0 Å². The molecule has 2 heteroatoms. The smallest absolute Gasteiger partial charge is 0.0527 e. The molecule has 0 aliphatic carbocycles. The summed E-state index contributed by atoms with van der Waals surface area (Å²) in [5, 5.41) is 12.1. The summed E-state index contributed by atoms with van der Waals surface area (Å²) in [7, 11) is 0. The van der Waals surface area contributed by atoms with Crippen LogP contribution in [0, 0.1) is 0 Å². The highest BCUT2D eigenvalue weighted by Gasteiger charge is 2.20. The molecule has 71 valence electrons. The molecule has 0 amide bonds. The van der Waals surface area contributed by atoms with Gasteiger partial charge in [-0.05, 0) is 26.1 Å². The molecule has 0 atom stereocenters. The molecule has 0 spiro atoms. The molecule has 0 N–H and O–H groups in total. The molecule has 13 heavy (non-hydrogen) atoms. The van der Waals surface area contributed by atoms with E-state index in [1.807, 2.05) is 0 Å². The molecular weight excluding hydrogens is 162 g/mol. The number of rotatable bonds is 2. The molecule has 0 fully saturated rings. The zero-order valence-electron chi connectivity index (χ0n) is 15.9. The Kier molecular flexibility index (Phi) is 1.01. The van der Waals surface area contributed by atoms with Crippen LogP contribution in [-0.4, -0.2) is 10.6 Å². The lowest BCUT2D eigenvalue weighted by Crippen LogP contribution is -2.36. The van der Waals surface area contributed by atoms with Crippen molar-refractivity contribution in [2.75, 3.05) is 0 Å². The van der Waals surface area contributed by atoms with E-state index >= 15 is 0 Å². The minimum Gasteiger partial charge on any atom is -0.145 e. The van der Waals surface area contributed by atoms with Crippen molar-refractivity contribution in [1.82, 2.24) is 5.06 Å². The number of hydroxylamine groups is 2. The van der Waals surface area contributed by atoms with Gasteiger partial charge in [-0.15, -0.1) is 10.3 Å². The van der Waals surface area contributed by atoms with Crippen LogP contribution >= 0.6 is 0 Å². The first kappa shape index (κ1) is 3.37. The van der Waals surface area contributed by atoms with Crippen molar-refractivity contribution in [2.45, 2.75) is 32.6 Å². The normalized spacial score (nSPS) is 25.2. The Morgan fingerprint density at radius 1 is 1.31 bits per heavy atom. The van der Waals surface area contributed by atoms with E-state index in [0.29, 0.717) is 5.56 Å². The van der Waals surface area contributed by atoms with E-state index in [0.717, 1.165) is 0 Å². The van der Waals surface area contributed by atoms with Gasteiger partial charge in [0.2, 0.25) is 0 Å². The summed E-state index contributed by atoms with van der Waals surface area (Å²) < 4.78 is 66.7. The zero-order valence-corrected chi connectivity index (χ0v) is 6.95. The van der Waals surface area contributed by atoms with Crippen molar-refractivity contribution in [3.8, 4) is 0 Å². The molecule has 0 bridgehead atoms. The molecule has 0 saturated heterocycles. The summed E-state index contributed by atoms with van der Waals surface area (Å²) in [4.78, 5) is 0. The number of nitrogens with zero attached hydrogens (tertiary/aromatic N) is 1. The third-order valence-corrected chi connectivity index (χ3v) is 1.54. The Morgan fingerprint density at radius 2 is 1.92 bits per heavy atom. The molecule has 0 aliphatic heterocycles. The number of hydrogen-bond acceptors (Lipinski definition) is 1. The molecule has 0 heterocycles. The van der Waals surface area contributed by atoms with Crippen LogP contribution in [0.25, 0.3) is 0 Å². The molecule has 1 radical (unpaired) electrons. The molecule has 0 unspecified atom stereocenters. The largest absolute Gasteiger partial charge is 0.145 e. The summed E-state index contributed by atoms with van der Waals surface area (Å²) in [6.07, 6.45) is 0. The van der Waals surface area contributed by atoms with Gasteiger partial charge in [0.1, 0.15) is 0 Å². The van der Waals surface area contributed by atoms with Crippen LogP contribution in [-0.2, 0) is 11.8 Å². The van der Waals surface area contributed by atoms with Crippen molar-refractivity contribution in [1.29, 1.82) is 0 Å². The van der Waals surface area contributed by atoms with E-state index in [-0.39, 0.29) is 5.06 Å². The summed E-state index contributed by atoms with van der Waals surface area (Å²) in [6.45, 7) is -11.2. The fourth-order valence-corrected chi connectivity index (χ4v) is 0.868. The maximum atomic E-state index is 12.4. The van der Waals surface area contributed by atoms with Crippen LogP contribution in [0.4, 0.5) is 0 Å². The summed E-state index contributed by atoms with van der Waals surface area (Å²) in [5.74, 6) is 0. The van der Waals surface area contributed by atoms with Crippen LogP contribution in [0.5, 0.6) is 0 Å². The molecule has 0 aromatic heterocycles. The average Bonchev–Trinajstić information content (AvgIpc) is 2.24. The fourth-order valence-electron chi connectivity index (χ4n) is 0.868. The van der Waals surface area contributed by atoms with Crippen LogP contribution < -0.4 is 0 Å². The molecule has 1 rings (SSSR count). The van der Waals surface area contributed by atoms with Crippen molar-refractivity contribution < 1.29 is 17.5 Å². The van der Waals surface area contributed by atoms with Crippen molar-refractivity contribution in [3.63, 3.8) is 0 Å². The van der Waals surface area contributed by atoms with Crippen molar-refractivity contribution in [3.05, 3.63) is 35.9 Å². The second-order valence-electron chi connectivity index (χ2n) is 2.73. The highest BCUT2D eigenvalue weighted by molar-refractivity contribution is 5.14. The van der Waals surface area contributed by atoms with E-state index in [1.165, 1.54) is 12.1 Å². The van der Waals surface area contributed by atoms with Gasteiger partial charge in [0.05, 0.1) is 6.54 Å². The van der Waals surface area contributed by atoms with Crippen LogP contribution in [0.15, 0.2) is 30.3 Å². The minimum absolute atomic E-state index is 0.319. The molecule has 2 nitrogen and oxygen atoms in total. The third-order valence-electron chi connectivity index (χ3n) is 1.54. The lowest BCUT2D eigenvalue weighted by molar-refractivity contribution is -0.219. The van der Waals surface area contributed by atoms with Gasteiger partial charge in [-0.3, -0.25) is 0 Å². The van der Waals surface area contributed by atoms with Gasteiger partial charge in [0.15, 0.2) is 0 Å². The average molecular weight is 187 g/mol. The van der Waals surface area contributed by atoms with Gasteiger partial charge >= 0.3 is 0 Å². The topological polar surface area (TPSA) is 23.1 Å². The van der Waals surface area contributed by atoms with Crippen LogP contribution in [0.2, 0.25) is 0 Å². The molecule has 1 aromatic carbocycles. The number of benzene rings is 1. The van der Waals surface area contributed by atoms with E-state index in [4.69, 9.17) is 12.3 Å². The fraction of sp³-hybridized carbons (Fsp3) is 0.455. The Bertz CT molecular complexity index is 455. The first-order valence-corrected chi connectivity index (χ1v) is 3.74. The lowest BCUT2D eigenvalue weighted by Gasteiger charge is -2.26. The highest BCUT2D eigenvalue weighted by Crippen LogP contribution is 2.14. The van der Waals surface area contributed by atoms with E-state index in [2.05, 4.69) is 0 Å². The van der Waals surface area contributed by atoms with E-state index in [9.17, 15) is 5.21 Å². The molecule has 0 saturated carbocycles. The maximum Gasteiger partial charge on any atom is 0.0527 e. The zero-order chi connectivity index (χ0) is 17.4. The van der Waals surface area contributed by atoms with Crippen LogP contribution in [0.1, 0.15) is 38.5 Å². The molecular formula is C11H16NO. The summed E-state index contributed by atoms with van der Waals surface area (Å²) in [6, 6.07) is 7.77. The third kappa shape index (κ3) is 3.17. The van der Waals surface area contributed by atoms with Gasteiger partial charge in [0, 0.05) is 17.9 Å². The van der Waals surface area contributed by atoms with Gasteiger partial charge < -0.3 is 0 Å². The molecule has 1 aromatic rings. The Labute approximate surface area is 92.4 Å². The standard InChI is InChI=1S/C11H16NO/c1-11(2,3)12(13)9-10-7-5-4-6-8-10/h4-8H,9H2,1-3H3/i1D3,2D3,3D3. The highest BCUT2D eigenvalue weighted by atomic mass is 16.5. The predicted molar refractivity (Wildman–Crippen MR) is 52.4 cm³/mol. The second kappa shape index (κ2) is 3.90. The van der Waals surface area contributed by atoms with Gasteiger partial charge in [-0.2, -0.15) is 0 Å². The Hall–Kier alpha value is -0.860.